The first-order valence-corrected chi connectivity index (χ1v) is 10.0. The van der Waals surface area contributed by atoms with Crippen LogP contribution < -0.4 is 5.73 Å². The molecule has 0 aliphatic carbocycles. The molecule has 2 atom stereocenters. The predicted octanol–water partition coefficient (Wildman–Crippen LogP) is 0.239. The van der Waals surface area contributed by atoms with E-state index in [1.54, 1.807) is 13.8 Å². The molecule has 0 spiro atoms. The van der Waals surface area contributed by atoms with Gasteiger partial charge in [-0.3, -0.25) is 0 Å². The van der Waals surface area contributed by atoms with Crippen LogP contribution in [-0.2, 0) is 19.7 Å². The highest BCUT2D eigenvalue weighted by atomic mass is 32.2. The minimum atomic E-state index is -3.28. The lowest BCUT2D eigenvalue weighted by molar-refractivity contribution is 0.500. The molecule has 0 aromatic carbocycles. The Balaban J connectivity index is 2.44. The van der Waals surface area contributed by atoms with Gasteiger partial charge in [-0.05, 0) is 20.3 Å². The molecule has 2 heterocycles. The van der Waals surface area contributed by atoms with Gasteiger partial charge in [0, 0.05) is 11.8 Å². The van der Waals surface area contributed by atoms with Crippen molar-refractivity contribution in [3.8, 4) is 0 Å². The molecule has 0 amide bonds. The third-order valence-electron chi connectivity index (χ3n) is 3.81. The Morgan fingerprint density at radius 3 is 2.50 bits per heavy atom. The van der Waals surface area contributed by atoms with Crippen molar-refractivity contribution in [2.24, 2.45) is 0 Å². The number of aromatic nitrogens is 2. The fourth-order valence-corrected chi connectivity index (χ4v) is 4.71. The van der Waals surface area contributed by atoms with Gasteiger partial charge in [0.1, 0.15) is 11.1 Å². The molecule has 1 aromatic rings. The summed E-state index contributed by atoms with van der Waals surface area (Å²) >= 11 is 0. The molecule has 114 valence electrons. The van der Waals surface area contributed by atoms with Crippen molar-refractivity contribution in [1.82, 2.24) is 9.78 Å². The molecule has 0 bridgehead atoms. The summed E-state index contributed by atoms with van der Waals surface area (Å²) in [6, 6.07) is -0.306. The Morgan fingerprint density at radius 2 is 2.05 bits per heavy atom. The number of hydrogen-bond donors (Lipinski definition) is 1. The number of anilines is 1. The maximum absolute atomic E-state index is 11.6. The van der Waals surface area contributed by atoms with E-state index >= 15 is 0 Å². The number of sulfone groups is 2. The summed E-state index contributed by atoms with van der Waals surface area (Å²) in [6.45, 7) is 3.26. The van der Waals surface area contributed by atoms with Gasteiger partial charge in [0.15, 0.2) is 19.7 Å². The van der Waals surface area contributed by atoms with E-state index < -0.39 is 24.9 Å². The van der Waals surface area contributed by atoms with E-state index in [1.807, 2.05) is 0 Å². The van der Waals surface area contributed by atoms with Crippen LogP contribution in [0.5, 0.6) is 0 Å². The zero-order valence-corrected chi connectivity index (χ0v) is 13.3. The summed E-state index contributed by atoms with van der Waals surface area (Å²) in [5.74, 6) is 0.468. The topological polar surface area (TPSA) is 112 Å². The van der Waals surface area contributed by atoms with Crippen molar-refractivity contribution in [3.05, 3.63) is 11.3 Å². The lowest BCUT2D eigenvalue weighted by atomic mass is 10.2. The van der Waals surface area contributed by atoms with Crippen LogP contribution in [0.4, 0.5) is 5.82 Å². The predicted molar refractivity (Wildman–Crippen MR) is 76.9 cm³/mol. The minimum absolute atomic E-state index is 0.00498. The Kier molecular flexibility index (Phi) is 3.62. The van der Waals surface area contributed by atoms with Crippen LogP contribution in [0.25, 0.3) is 0 Å². The summed E-state index contributed by atoms with van der Waals surface area (Å²) < 4.78 is 47.8. The van der Waals surface area contributed by atoms with Crippen molar-refractivity contribution < 1.29 is 16.8 Å². The van der Waals surface area contributed by atoms with E-state index in [-0.39, 0.29) is 17.5 Å². The summed E-state index contributed by atoms with van der Waals surface area (Å²) in [5, 5.41) is 3.51. The second-order valence-electron chi connectivity index (χ2n) is 5.37. The Morgan fingerprint density at radius 1 is 1.45 bits per heavy atom. The van der Waals surface area contributed by atoms with Crippen molar-refractivity contribution >= 4 is 25.5 Å². The third-order valence-corrected chi connectivity index (χ3v) is 7.07. The maximum atomic E-state index is 11.6. The number of hydrogen-bond acceptors (Lipinski definition) is 6. The third kappa shape index (κ3) is 2.69. The molecule has 1 saturated heterocycles. The van der Waals surface area contributed by atoms with Crippen LogP contribution in [0.3, 0.4) is 0 Å². The lowest BCUT2D eigenvalue weighted by Gasteiger charge is -2.10. The van der Waals surface area contributed by atoms with E-state index in [0.717, 1.165) is 6.26 Å². The van der Waals surface area contributed by atoms with Crippen molar-refractivity contribution in [3.63, 3.8) is 0 Å². The highest BCUT2D eigenvalue weighted by Crippen LogP contribution is 2.32. The van der Waals surface area contributed by atoms with Gasteiger partial charge in [-0.25, -0.2) is 21.5 Å². The zero-order valence-electron chi connectivity index (χ0n) is 11.7. The number of nitrogen functional groups attached to an aromatic ring is 1. The molecule has 20 heavy (non-hydrogen) atoms. The van der Waals surface area contributed by atoms with Crippen molar-refractivity contribution in [1.29, 1.82) is 0 Å². The molecule has 0 saturated carbocycles. The number of rotatable bonds is 3. The van der Waals surface area contributed by atoms with Gasteiger partial charge in [-0.15, -0.1) is 0 Å². The molecule has 1 aromatic heterocycles. The average Bonchev–Trinajstić information content (AvgIpc) is 2.79. The fourth-order valence-electron chi connectivity index (χ4n) is 2.38. The van der Waals surface area contributed by atoms with Crippen LogP contribution >= 0.6 is 0 Å². The normalized spacial score (nSPS) is 23.9. The highest BCUT2D eigenvalue weighted by molar-refractivity contribution is 7.91. The van der Waals surface area contributed by atoms with E-state index in [0.29, 0.717) is 23.5 Å². The van der Waals surface area contributed by atoms with Gasteiger partial charge in [0.2, 0.25) is 0 Å². The number of nitrogens with zero attached hydrogens (tertiary/aromatic N) is 2. The SMILES string of the molecule is Cc1c(C(C)S(C)(=O)=O)nn(C2CCS(=O)(=O)C2)c1N. The second kappa shape index (κ2) is 4.73. The molecule has 2 N–H and O–H groups in total. The Labute approximate surface area is 119 Å². The molecule has 1 fully saturated rings. The first kappa shape index (κ1) is 15.3. The van der Waals surface area contributed by atoms with Crippen LogP contribution in [0.2, 0.25) is 0 Å². The lowest BCUT2D eigenvalue weighted by Crippen LogP contribution is -2.15. The van der Waals surface area contributed by atoms with Crippen LogP contribution in [0.1, 0.15) is 35.9 Å². The molecule has 2 rings (SSSR count). The van der Waals surface area contributed by atoms with Gasteiger partial charge >= 0.3 is 0 Å². The van der Waals surface area contributed by atoms with Crippen molar-refractivity contribution in [2.75, 3.05) is 23.5 Å². The zero-order chi connectivity index (χ0) is 15.3. The van der Waals surface area contributed by atoms with E-state index in [4.69, 9.17) is 5.73 Å². The van der Waals surface area contributed by atoms with Gasteiger partial charge in [-0.2, -0.15) is 5.10 Å². The molecular weight excluding hydrogens is 302 g/mol. The van der Waals surface area contributed by atoms with Crippen molar-refractivity contribution in [2.45, 2.75) is 31.6 Å². The van der Waals surface area contributed by atoms with E-state index in [9.17, 15) is 16.8 Å². The summed E-state index contributed by atoms with van der Waals surface area (Å²) in [6.07, 6.45) is 1.60. The summed E-state index contributed by atoms with van der Waals surface area (Å²) in [5.41, 5.74) is 6.97. The first-order valence-electron chi connectivity index (χ1n) is 6.26. The monoisotopic (exact) mass is 321 g/mol. The highest BCUT2D eigenvalue weighted by Gasteiger charge is 2.33. The fraction of sp³-hybridized carbons (Fsp3) is 0.727. The minimum Gasteiger partial charge on any atom is -0.384 e. The Hall–Kier alpha value is -1.09. The summed E-state index contributed by atoms with van der Waals surface area (Å²) in [7, 11) is -6.33. The number of nitrogens with two attached hydrogens (primary N) is 1. The largest absolute Gasteiger partial charge is 0.384 e. The van der Waals surface area contributed by atoms with Crippen LogP contribution in [0, 0.1) is 6.92 Å². The smallest absolute Gasteiger partial charge is 0.155 e. The standard InChI is InChI=1S/C11H19N3O4S2/c1-7-10(8(2)19(3,15)16)13-14(11(7)12)9-4-5-20(17,18)6-9/h8-9H,4-6,12H2,1-3H3. The summed E-state index contributed by atoms with van der Waals surface area (Å²) in [4.78, 5) is 0. The Bertz CT molecular complexity index is 734. The average molecular weight is 321 g/mol. The van der Waals surface area contributed by atoms with Crippen LogP contribution in [0.15, 0.2) is 0 Å². The molecular formula is C11H19N3O4S2. The van der Waals surface area contributed by atoms with E-state index in [1.165, 1.54) is 4.68 Å². The maximum Gasteiger partial charge on any atom is 0.155 e. The molecule has 7 nitrogen and oxygen atoms in total. The molecule has 1 aliphatic rings. The quantitative estimate of drug-likeness (QED) is 0.853. The molecule has 1 aliphatic heterocycles. The van der Waals surface area contributed by atoms with Gasteiger partial charge < -0.3 is 5.73 Å². The van der Waals surface area contributed by atoms with Gasteiger partial charge in [0.25, 0.3) is 0 Å². The first-order chi connectivity index (χ1) is 9.03. The molecule has 0 radical (unpaired) electrons. The second-order valence-corrected chi connectivity index (χ2v) is 9.96. The van der Waals surface area contributed by atoms with Gasteiger partial charge in [-0.1, -0.05) is 0 Å². The van der Waals surface area contributed by atoms with Gasteiger partial charge in [0.05, 0.1) is 23.2 Å². The van der Waals surface area contributed by atoms with E-state index in [2.05, 4.69) is 5.10 Å². The molecule has 9 heteroatoms. The van der Waals surface area contributed by atoms with Crippen LogP contribution in [-0.4, -0.2) is 44.4 Å². The molecule has 2 unspecified atom stereocenters.